The Labute approximate surface area is 101 Å². The molecule has 3 N–H and O–H groups in total. The lowest BCUT2D eigenvalue weighted by molar-refractivity contribution is 0.392. The molecule has 1 saturated heterocycles. The number of nitrogens with zero attached hydrogens (tertiary/aromatic N) is 1. The highest BCUT2D eigenvalue weighted by atomic mass is 16.1. The second-order valence-electron chi connectivity index (χ2n) is 4.72. The summed E-state index contributed by atoms with van der Waals surface area (Å²) >= 11 is 0. The average molecular weight is 236 g/mol. The molecule has 94 valence electrons. The Kier molecular flexibility index (Phi) is 3.78. The number of anilines is 1. The highest BCUT2D eigenvalue weighted by Gasteiger charge is 2.13. The van der Waals surface area contributed by atoms with Crippen LogP contribution in [0.1, 0.15) is 24.1 Å². The molecule has 1 aliphatic rings. The van der Waals surface area contributed by atoms with Crippen molar-refractivity contribution in [2.45, 2.75) is 26.7 Å². The molecule has 5 heteroatoms. The SMILES string of the molecule is Cc1nc(NCC2CCCNC2)[nH]c(=O)c1C. The third-order valence-corrected chi connectivity index (χ3v) is 3.35. The molecule has 0 saturated carbocycles. The number of hydrogen-bond acceptors (Lipinski definition) is 4. The van der Waals surface area contributed by atoms with E-state index in [-0.39, 0.29) is 5.56 Å². The lowest BCUT2D eigenvalue weighted by Crippen LogP contribution is -2.34. The zero-order chi connectivity index (χ0) is 12.3. The fourth-order valence-electron chi connectivity index (χ4n) is 2.07. The third kappa shape index (κ3) is 3.06. The van der Waals surface area contributed by atoms with Crippen LogP contribution < -0.4 is 16.2 Å². The summed E-state index contributed by atoms with van der Waals surface area (Å²) in [5.74, 6) is 1.21. The van der Waals surface area contributed by atoms with Gasteiger partial charge in [0.2, 0.25) is 5.95 Å². The predicted octanol–water partition coefficient (Wildman–Crippen LogP) is 0.798. The molecule has 1 fully saturated rings. The first-order chi connectivity index (χ1) is 8.16. The third-order valence-electron chi connectivity index (χ3n) is 3.35. The molecule has 1 aromatic heterocycles. The van der Waals surface area contributed by atoms with Gasteiger partial charge in [0.05, 0.1) is 0 Å². The van der Waals surface area contributed by atoms with Crippen LogP contribution in [-0.2, 0) is 0 Å². The smallest absolute Gasteiger partial charge is 0.255 e. The van der Waals surface area contributed by atoms with Gasteiger partial charge in [-0.25, -0.2) is 4.98 Å². The van der Waals surface area contributed by atoms with Crippen LogP contribution in [0, 0.1) is 19.8 Å². The van der Waals surface area contributed by atoms with Crippen LogP contribution in [0.15, 0.2) is 4.79 Å². The minimum Gasteiger partial charge on any atom is -0.355 e. The predicted molar refractivity (Wildman–Crippen MR) is 68.4 cm³/mol. The summed E-state index contributed by atoms with van der Waals surface area (Å²) in [6.45, 7) is 6.67. The fourth-order valence-corrected chi connectivity index (χ4v) is 2.07. The highest BCUT2D eigenvalue weighted by molar-refractivity contribution is 5.28. The van der Waals surface area contributed by atoms with Crippen LogP contribution in [0.25, 0.3) is 0 Å². The second kappa shape index (κ2) is 5.31. The molecular weight excluding hydrogens is 216 g/mol. The minimum atomic E-state index is -0.0539. The van der Waals surface area contributed by atoms with Gasteiger partial charge < -0.3 is 10.6 Å². The van der Waals surface area contributed by atoms with Gasteiger partial charge in [0.15, 0.2) is 0 Å². The summed E-state index contributed by atoms with van der Waals surface area (Å²) in [5, 5.41) is 6.59. The summed E-state index contributed by atoms with van der Waals surface area (Å²) in [4.78, 5) is 18.7. The lowest BCUT2D eigenvalue weighted by Gasteiger charge is -2.23. The largest absolute Gasteiger partial charge is 0.355 e. The zero-order valence-corrected chi connectivity index (χ0v) is 10.5. The number of aromatic amines is 1. The van der Waals surface area contributed by atoms with Gasteiger partial charge >= 0.3 is 0 Å². The first-order valence-corrected chi connectivity index (χ1v) is 6.19. The topological polar surface area (TPSA) is 69.8 Å². The highest BCUT2D eigenvalue weighted by Crippen LogP contribution is 2.10. The maximum Gasteiger partial charge on any atom is 0.255 e. The summed E-state index contributed by atoms with van der Waals surface area (Å²) in [5.41, 5.74) is 1.43. The van der Waals surface area contributed by atoms with E-state index in [0.29, 0.717) is 17.4 Å². The normalized spacial score (nSPS) is 20.2. The van der Waals surface area contributed by atoms with Crippen molar-refractivity contribution in [3.8, 4) is 0 Å². The number of nitrogens with one attached hydrogen (secondary N) is 3. The molecule has 1 aromatic rings. The standard InChI is InChI=1S/C12H20N4O/c1-8-9(2)15-12(16-11(8)17)14-7-10-4-3-5-13-6-10/h10,13H,3-7H2,1-2H3,(H2,14,15,16,17). The fraction of sp³-hybridized carbons (Fsp3) is 0.667. The summed E-state index contributed by atoms with van der Waals surface area (Å²) in [6, 6.07) is 0. The summed E-state index contributed by atoms with van der Waals surface area (Å²) in [6.07, 6.45) is 2.46. The van der Waals surface area contributed by atoms with E-state index < -0.39 is 0 Å². The Hall–Kier alpha value is -1.36. The van der Waals surface area contributed by atoms with Crippen LogP contribution in [0.4, 0.5) is 5.95 Å². The van der Waals surface area contributed by atoms with Crippen molar-refractivity contribution in [3.05, 3.63) is 21.6 Å². The van der Waals surface area contributed by atoms with E-state index in [4.69, 9.17) is 0 Å². The molecule has 0 aromatic carbocycles. The maximum atomic E-state index is 11.6. The van der Waals surface area contributed by atoms with E-state index >= 15 is 0 Å². The van der Waals surface area contributed by atoms with Gasteiger partial charge in [-0.1, -0.05) is 0 Å². The molecule has 1 unspecified atom stereocenters. The molecule has 17 heavy (non-hydrogen) atoms. The molecule has 5 nitrogen and oxygen atoms in total. The second-order valence-corrected chi connectivity index (χ2v) is 4.72. The van der Waals surface area contributed by atoms with Gasteiger partial charge in [-0.3, -0.25) is 9.78 Å². The van der Waals surface area contributed by atoms with E-state index in [1.54, 1.807) is 6.92 Å². The molecule has 2 heterocycles. The number of aromatic nitrogens is 2. The average Bonchev–Trinajstić information content (AvgIpc) is 2.34. The van der Waals surface area contributed by atoms with Crippen molar-refractivity contribution in [2.24, 2.45) is 5.92 Å². The van der Waals surface area contributed by atoms with Crippen molar-refractivity contribution < 1.29 is 0 Å². The van der Waals surface area contributed by atoms with Gasteiger partial charge in [-0.15, -0.1) is 0 Å². The van der Waals surface area contributed by atoms with Gasteiger partial charge in [0.25, 0.3) is 5.56 Å². The maximum absolute atomic E-state index is 11.6. The van der Waals surface area contributed by atoms with Gasteiger partial charge in [-0.2, -0.15) is 0 Å². The molecule has 0 spiro atoms. The molecular formula is C12H20N4O. The Morgan fingerprint density at radius 2 is 2.29 bits per heavy atom. The molecule has 0 bridgehead atoms. The van der Waals surface area contributed by atoms with Gasteiger partial charge in [0, 0.05) is 17.8 Å². The first kappa shape index (κ1) is 12.1. The number of H-pyrrole nitrogens is 1. The van der Waals surface area contributed by atoms with E-state index in [0.717, 1.165) is 25.3 Å². The van der Waals surface area contributed by atoms with Crippen LogP contribution in [-0.4, -0.2) is 29.6 Å². The molecule has 1 atom stereocenters. The Bertz CT molecular complexity index is 435. The van der Waals surface area contributed by atoms with Crippen molar-refractivity contribution >= 4 is 5.95 Å². The molecule has 0 aliphatic carbocycles. The monoisotopic (exact) mass is 236 g/mol. The quantitative estimate of drug-likeness (QED) is 0.726. The van der Waals surface area contributed by atoms with E-state index in [1.165, 1.54) is 12.8 Å². The van der Waals surface area contributed by atoms with Crippen molar-refractivity contribution in [1.29, 1.82) is 0 Å². The van der Waals surface area contributed by atoms with Crippen LogP contribution in [0.5, 0.6) is 0 Å². The van der Waals surface area contributed by atoms with Crippen molar-refractivity contribution in [1.82, 2.24) is 15.3 Å². The molecule has 2 rings (SSSR count). The van der Waals surface area contributed by atoms with E-state index in [1.807, 2.05) is 6.92 Å². The van der Waals surface area contributed by atoms with Crippen molar-refractivity contribution in [2.75, 3.05) is 25.0 Å². The van der Waals surface area contributed by atoms with Gasteiger partial charge in [0.1, 0.15) is 0 Å². The number of rotatable bonds is 3. The first-order valence-electron chi connectivity index (χ1n) is 6.19. The van der Waals surface area contributed by atoms with E-state index in [2.05, 4.69) is 20.6 Å². The minimum absolute atomic E-state index is 0.0539. The van der Waals surface area contributed by atoms with Crippen LogP contribution >= 0.6 is 0 Å². The Balaban J connectivity index is 1.96. The molecule has 1 aliphatic heterocycles. The summed E-state index contributed by atoms with van der Waals surface area (Å²) < 4.78 is 0. The Morgan fingerprint density at radius 3 is 2.94 bits per heavy atom. The van der Waals surface area contributed by atoms with Crippen LogP contribution in [0.3, 0.4) is 0 Å². The lowest BCUT2D eigenvalue weighted by atomic mass is 10.00. The molecule has 0 radical (unpaired) electrons. The zero-order valence-electron chi connectivity index (χ0n) is 10.5. The van der Waals surface area contributed by atoms with E-state index in [9.17, 15) is 4.79 Å². The summed E-state index contributed by atoms with van der Waals surface area (Å²) in [7, 11) is 0. The number of piperidine rings is 1. The number of hydrogen-bond donors (Lipinski definition) is 3. The van der Waals surface area contributed by atoms with Crippen LogP contribution in [0.2, 0.25) is 0 Å². The van der Waals surface area contributed by atoms with Crippen molar-refractivity contribution in [3.63, 3.8) is 0 Å². The Morgan fingerprint density at radius 1 is 1.47 bits per heavy atom. The number of aryl methyl sites for hydroxylation is 1. The molecule has 0 amide bonds. The van der Waals surface area contributed by atoms with Gasteiger partial charge in [-0.05, 0) is 45.7 Å².